The van der Waals surface area contributed by atoms with E-state index in [9.17, 15) is 9.59 Å². The van der Waals surface area contributed by atoms with E-state index in [0.717, 1.165) is 0 Å². The van der Waals surface area contributed by atoms with Gasteiger partial charge in [-0.25, -0.2) is 9.59 Å². The van der Waals surface area contributed by atoms with E-state index in [0.29, 0.717) is 6.42 Å². The van der Waals surface area contributed by atoms with Crippen molar-refractivity contribution < 1.29 is 19.1 Å². The van der Waals surface area contributed by atoms with Crippen LogP contribution >= 0.6 is 0 Å². The van der Waals surface area contributed by atoms with Gasteiger partial charge in [-0.15, -0.1) is 6.58 Å². The molecule has 0 spiro atoms. The molecule has 0 N–H and O–H groups in total. The molecule has 0 rings (SSSR count). The molecule has 1 atom stereocenters. The molecule has 0 aromatic carbocycles. The van der Waals surface area contributed by atoms with Crippen molar-refractivity contribution >= 4 is 12.1 Å². The zero-order valence-electron chi connectivity index (χ0n) is 10.1. The lowest BCUT2D eigenvalue weighted by Gasteiger charge is -2.24. The van der Waals surface area contributed by atoms with Crippen LogP contribution in [0.5, 0.6) is 0 Å². The minimum Gasteiger partial charge on any atom is -0.464 e. The van der Waals surface area contributed by atoms with Crippen LogP contribution in [0, 0.1) is 0 Å². The van der Waals surface area contributed by atoms with Gasteiger partial charge in [-0.05, 0) is 20.3 Å². The molecular formula is C11H19NO4. The number of carbonyl (C=O) groups excluding carboxylic acids is 2. The molecule has 0 saturated carbocycles. The van der Waals surface area contributed by atoms with E-state index in [1.807, 2.05) is 0 Å². The third-order valence-corrected chi connectivity index (χ3v) is 1.97. The number of ether oxygens (including phenoxy) is 2. The van der Waals surface area contributed by atoms with E-state index in [2.05, 4.69) is 6.58 Å². The van der Waals surface area contributed by atoms with Gasteiger partial charge in [-0.1, -0.05) is 6.08 Å². The number of rotatable bonds is 6. The van der Waals surface area contributed by atoms with Gasteiger partial charge in [-0.3, -0.25) is 4.90 Å². The zero-order chi connectivity index (χ0) is 12.6. The van der Waals surface area contributed by atoms with Crippen LogP contribution in [0.2, 0.25) is 0 Å². The van der Waals surface area contributed by atoms with Gasteiger partial charge >= 0.3 is 12.1 Å². The molecule has 1 unspecified atom stereocenters. The molecule has 0 aliphatic heterocycles. The Balaban J connectivity index is 4.56. The highest BCUT2D eigenvalue weighted by molar-refractivity contribution is 5.81. The Morgan fingerprint density at radius 1 is 1.31 bits per heavy atom. The SMILES string of the molecule is C=CCC(C(=O)OCC)N(C)C(=O)OCC. The lowest BCUT2D eigenvalue weighted by molar-refractivity contribution is -0.148. The molecule has 0 aliphatic rings. The third kappa shape index (κ3) is 4.33. The van der Waals surface area contributed by atoms with Gasteiger partial charge in [0.2, 0.25) is 0 Å². The van der Waals surface area contributed by atoms with Crippen LogP contribution in [0.4, 0.5) is 4.79 Å². The smallest absolute Gasteiger partial charge is 0.410 e. The van der Waals surface area contributed by atoms with E-state index < -0.39 is 18.1 Å². The van der Waals surface area contributed by atoms with Crippen molar-refractivity contribution in [3.8, 4) is 0 Å². The second kappa shape index (κ2) is 7.73. The molecule has 0 bridgehead atoms. The Kier molecular flexibility index (Phi) is 7.00. The highest BCUT2D eigenvalue weighted by Gasteiger charge is 2.27. The average molecular weight is 229 g/mol. The number of nitrogens with zero attached hydrogens (tertiary/aromatic N) is 1. The fourth-order valence-corrected chi connectivity index (χ4v) is 1.16. The molecule has 0 radical (unpaired) electrons. The first-order valence-corrected chi connectivity index (χ1v) is 5.25. The predicted molar refractivity (Wildman–Crippen MR) is 60.0 cm³/mol. The number of carbonyl (C=O) groups is 2. The Bertz CT molecular complexity index is 252. The van der Waals surface area contributed by atoms with E-state index >= 15 is 0 Å². The predicted octanol–water partition coefficient (Wildman–Crippen LogP) is 1.58. The minimum absolute atomic E-state index is 0.271. The summed E-state index contributed by atoms with van der Waals surface area (Å²) in [5, 5.41) is 0. The second-order valence-electron chi connectivity index (χ2n) is 3.10. The summed E-state index contributed by atoms with van der Waals surface area (Å²) in [7, 11) is 1.50. The average Bonchev–Trinajstić information content (AvgIpc) is 2.25. The summed E-state index contributed by atoms with van der Waals surface area (Å²) in [4.78, 5) is 24.2. The topological polar surface area (TPSA) is 55.8 Å². The molecule has 1 amide bonds. The highest BCUT2D eigenvalue weighted by atomic mass is 16.6. The molecule has 5 heteroatoms. The summed E-state index contributed by atoms with van der Waals surface area (Å²) in [6.07, 6.45) is 1.37. The first kappa shape index (κ1) is 14.5. The Morgan fingerprint density at radius 2 is 1.88 bits per heavy atom. The Hall–Kier alpha value is -1.52. The van der Waals surface area contributed by atoms with Crippen molar-refractivity contribution in [3.05, 3.63) is 12.7 Å². The first-order chi connectivity index (χ1) is 7.58. The van der Waals surface area contributed by atoms with Crippen LogP contribution in [0.25, 0.3) is 0 Å². The number of hydrogen-bond acceptors (Lipinski definition) is 4. The van der Waals surface area contributed by atoms with Crippen molar-refractivity contribution in [2.24, 2.45) is 0 Å². The summed E-state index contributed by atoms with van der Waals surface area (Å²) in [6.45, 7) is 7.52. The summed E-state index contributed by atoms with van der Waals surface area (Å²) in [5.74, 6) is -0.446. The summed E-state index contributed by atoms with van der Waals surface area (Å²) in [6, 6.07) is -0.670. The minimum atomic E-state index is -0.670. The number of hydrogen-bond donors (Lipinski definition) is 0. The van der Waals surface area contributed by atoms with E-state index in [1.54, 1.807) is 19.9 Å². The van der Waals surface area contributed by atoms with Crippen LogP contribution in [-0.4, -0.2) is 43.3 Å². The number of amides is 1. The van der Waals surface area contributed by atoms with Crippen LogP contribution in [0.15, 0.2) is 12.7 Å². The van der Waals surface area contributed by atoms with E-state index in [1.165, 1.54) is 11.9 Å². The summed E-state index contributed by atoms with van der Waals surface area (Å²) in [5.41, 5.74) is 0. The molecule has 92 valence electrons. The third-order valence-electron chi connectivity index (χ3n) is 1.97. The van der Waals surface area contributed by atoms with E-state index in [4.69, 9.17) is 9.47 Å². The normalized spacial score (nSPS) is 11.4. The van der Waals surface area contributed by atoms with Gasteiger partial charge in [-0.2, -0.15) is 0 Å². The maximum atomic E-state index is 11.6. The van der Waals surface area contributed by atoms with E-state index in [-0.39, 0.29) is 13.2 Å². The number of likely N-dealkylation sites (N-methyl/N-ethyl adjacent to an activating group) is 1. The largest absolute Gasteiger partial charge is 0.464 e. The van der Waals surface area contributed by atoms with Gasteiger partial charge in [0.1, 0.15) is 6.04 Å². The highest BCUT2D eigenvalue weighted by Crippen LogP contribution is 2.07. The Morgan fingerprint density at radius 3 is 2.31 bits per heavy atom. The molecular weight excluding hydrogens is 210 g/mol. The molecule has 0 aliphatic carbocycles. The maximum Gasteiger partial charge on any atom is 0.410 e. The van der Waals surface area contributed by atoms with Crippen molar-refractivity contribution in [2.75, 3.05) is 20.3 Å². The van der Waals surface area contributed by atoms with Crippen LogP contribution in [0.3, 0.4) is 0 Å². The fraction of sp³-hybridized carbons (Fsp3) is 0.636. The second-order valence-corrected chi connectivity index (χ2v) is 3.10. The molecule has 0 heterocycles. The molecule has 5 nitrogen and oxygen atoms in total. The quantitative estimate of drug-likeness (QED) is 0.512. The monoisotopic (exact) mass is 229 g/mol. The van der Waals surface area contributed by atoms with Crippen LogP contribution < -0.4 is 0 Å². The summed E-state index contributed by atoms with van der Waals surface area (Å²) >= 11 is 0. The van der Waals surface area contributed by atoms with Gasteiger partial charge in [0.25, 0.3) is 0 Å². The Labute approximate surface area is 96.0 Å². The molecule has 16 heavy (non-hydrogen) atoms. The van der Waals surface area contributed by atoms with Gasteiger partial charge in [0.15, 0.2) is 0 Å². The van der Waals surface area contributed by atoms with Crippen molar-refractivity contribution in [3.63, 3.8) is 0 Å². The van der Waals surface area contributed by atoms with Crippen LogP contribution in [0.1, 0.15) is 20.3 Å². The van der Waals surface area contributed by atoms with Crippen molar-refractivity contribution in [1.29, 1.82) is 0 Å². The zero-order valence-corrected chi connectivity index (χ0v) is 10.1. The number of esters is 1. The fourth-order valence-electron chi connectivity index (χ4n) is 1.16. The van der Waals surface area contributed by atoms with Gasteiger partial charge in [0, 0.05) is 7.05 Å². The standard InChI is InChI=1S/C11H19NO4/c1-5-8-9(10(13)15-6-2)12(4)11(14)16-7-3/h5,9H,1,6-8H2,2-4H3. The molecule has 0 aromatic rings. The molecule has 0 fully saturated rings. The lowest BCUT2D eigenvalue weighted by Crippen LogP contribution is -2.43. The molecule has 0 saturated heterocycles. The van der Waals surface area contributed by atoms with Crippen LogP contribution in [-0.2, 0) is 14.3 Å². The maximum absolute atomic E-state index is 11.6. The first-order valence-electron chi connectivity index (χ1n) is 5.25. The van der Waals surface area contributed by atoms with Gasteiger partial charge < -0.3 is 9.47 Å². The summed E-state index contributed by atoms with van der Waals surface area (Å²) < 4.78 is 9.67. The van der Waals surface area contributed by atoms with Gasteiger partial charge in [0.05, 0.1) is 13.2 Å². The van der Waals surface area contributed by atoms with Crippen molar-refractivity contribution in [1.82, 2.24) is 4.90 Å². The van der Waals surface area contributed by atoms with Crippen molar-refractivity contribution in [2.45, 2.75) is 26.3 Å². The molecule has 0 aromatic heterocycles. The lowest BCUT2D eigenvalue weighted by atomic mass is 10.2.